The number of carbonyl (C=O) groups is 3. The average Bonchev–Trinajstić information content (AvgIpc) is 3.05. The number of ether oxygens (including phenoxy) is 1. The molecule has 0 aromatic heterocycles. The van der Waals surface area contributed by atoms with Gasteiger partial charge in [0, 0.05) is 11.3 Å². The Hall–Kier alpha value is -4.10. The molecule has 0 unspecified atom stereocenters. The number of nitrogens with one attached hydrogen (secondary N) is 2. The molecular formula is C27H24ClN3O4. The summed E-state index contributed by atoms with van der Waals surface area (Å²) in [5.74, 6) is -0.952. The van der Waals surface area contributed by atoms with Crippen LogP contribution >= 0.6 is 11.6 Å². The van der Waals surface area contributed by atoms with Gasteiger partial charge in [0.1, 0.15) is 16.5 Å². The topological polar surface area (TPSA) is 87.7 Å². The van der Waals surface area contributed by atoms with Crippen molar-refractivity contribution >= 4 is 46.4 Å². The van der Waals surface area contributed by atoms with E-state index in [0.717, 1.165) is 16.0 Å². The molecule has 8 heteroatoms. The quantitative estimate of drug-likeness (QED) is 0.434. The van der Waals surface area contributed by atoms with Crippen LogP contribution in [0.25, 0.3) is 0 Å². The van der Waals surface area contributed by atoms with Crippen LogP contribution in [0.3, 0.4) is 0 Å². The molecule has 35 heavy (non-hydrogen) atoms. The van der Waals surface area contributed by atoms with E-state index in [4.69, 9.17) is 16.3 Å². The molecule has 1 heterocycles. The molecule has 1 aliphatic heterocycles. The molecule has 0 atom stereocenters. The first-order valence-corrected chi connectivity index (χ1v) is 11.4. The number of anilines is 3. The van der Waals surface area contributed by atoms with Crippen LogP contribution in [0, 0.1) is 13.8 Å². The molecule has 4 rings (SSSR count). The van der Waals surface area contributed by atoms with Crippen molar-refractivity contribution in [2.24, 2.45) is 0 Å². The number of hydrogen-bond acceptors (Lipinski definition) is 5. The fourth-order valence-corrected chi connectivity index (χ4v) is 3.93. The number of halogens is 1. The standard InChI is InChI=1S/C27H24ClN3O4/c1-4-35-22-11-6-5-10-20(22)30-25(32)18-8-7-9-19(15-18)29-24-23(28)26(33)31(27(24)34)21-14-16(2)12-13-17(21)3/h5-15,29H,4H2,1-3H3,(H,30,32). The molecule has 0 radical (unpaired) electrons. The lowest BCUT2D eigenvalue weighted by molar-refractivity contribution is -0.120. The van der Waals surface area contributed by atoms with E-state index in [0.29, 0.717) is 35.0 Å². The molecule has 0 bridgehead atoms. The minimum atomic E-state index is -0.603. The first-order valence-electron chi connectivity index (χ1n) is 11.1. The van der Waals surface area contributed by atoms with E-state index >= 15 is 0 Å². The monoisotopic (exact) mass is 489 g/mol. The van der Waals surface area contributed by atoms with Crippen molar-refractivity contribution in [3.8, 4) is 5.75 Å². The smallest absolute Gasteiger partial charge is 0.283 e. The summed E-state index contributed by atoms with van der Waals surface area (Å²) in [6.07, 6.45) is 0. The van der Waals surface area contributed by atoms with E-state index in [-0.39, 0.29) is 16.6 Å². The molecule has 1 aliphatic rings. The summed E-state index contributed by atoms with van der Waals surface area (Å²) in [4.78, 5) is 40.0. The number of amides is 3. The summed E-state index contributed by atoms with van der Waals surface area (Å²) in [5, 5.41) is 5.55. The fourth-order valence-electron chi connectivity index (χ4n) is 3.72. The molecule has 0 saturated heterocycles. The molecule has 0 spiro atoms. The highest BCUT2D eigenvalue weighted by Crippen LogP contribution is 2.33. The maximum absolute atomic E-state index is 13.2. The lowest BCUT2D eigenvalue weighted by atomic mass is 10.1. The molecule has 0 saturated carbocycles. The van der Waals surface area contributed by atoms with Gasteiger partial charge in [0.05, 0.1) is 18.0 Å². The highest BCUT2D eigenvalue weighted by molar-refractivity contribution is 6.53. The van der Waals surface area contributed by atoms with E-state index in [1.165, 1.54) is 0 Å². The average molecular weight is 490 g/mol. The summed E-state index contributed by atoms with van der Waals surface area (Å²) in [6, 6.07) is 19.2. The Morgan fingerprint density at radius 2 is 1.74 bits per heavy atom. The number of rotatable bonds is 7. The van der Waals surface area contributed by atoms with Crippen molar-refractivity contribution in [3.05, 3.63) is 94.1 Å². The number of imide groups is 1. The Morgan fingerprint density at radius 1 is 0.971 bits per heavy atom. The molecule has 178 valence electrons. The molecule has 2 N–H and O–H groups in total. The lowest BCUT2D eigenvalue weighted by Gasteiger charge is -2.18. The second kappa shape index (κ2) is 10.0. The van der Waals surface area contributed by atoms with Crippen molar-refractivity contribution in [2.45, 2.75) is 20.8 Å². The van der Waals surface area contributed by atoms with Gasteiger partial charge in [-0.25, -0.2) is 4.90 Å². The Balaban J connectivity index is 1.56. The summed E-state index contributed by atoms with van der Waals surface area (Å²) in [6.45, 7) is 6.03. The molecule has 0 aliphatic carbocycles. The minimum absolute atomic E-state index is 0.0446. The van der Waals surface area contributed by atoms with Crippen LogP contribution in [0.1, 0.15) is 28.4 Å². The van der Waals surface area contributed by atoms with Crippen LogP contribution < -0.4 is 20.3 Å². The number of aryl methyl sites for hydroxylation is 2. The van der Waals surface area contributed by atoms with Gasteiger partial charge < -0.3 is 15.4 Å². The number of para-hydroxylation sites is 2. The maximum atomic E-state index is 13.2. The van der Waals surface area contributed by atoms with Crippen molar-refractivity contribution in [1.82, 2.24) is 0 Å². The highest BCUT2D eigenvalue weighted by Gasteiger charge is 2.39. The van der Waals surface area contributed by atoms with Crippen LogP contribution in [0.4, 0.5) is 17.1 Å². The first-order chi connectivity index (χ1) is 16.8. The first kappa shape index (κ1) is 24.0. The van der Waals surface area contributed by atoms with E-state index in [9.17, 15) is 14.4 Å². The molecular weight excluding hydrogens is 466 g/mol. The van der Waals surface area contributed by atoms with Crippen LogP contribution in [-0.4, -0.2) is 24.3 Å². The SMILES string of the molecule is CCOc1ccccc1NC(=O)c1cccc(NC2=C(Cl)C(=O)N(c3cc(C)ccc3C)C2=O)c1. The van der Waals surface area contributed by atoms with Crippen LogP contribution in [0.5, 0.6) is 5.75 Å². The van der Waals surface area contributed by atoms with Gasteiger partial charge in [-0.3, -0.25) is 14.4 Å². The van der Waals surface area contributed by atoms with Crippen molar-refractivity contribution in [2.75, 3.05) is 22.1 Å². The van der Waals surface area contributed by atoms with E-state index in [1.54, 1.807) is 48.5 Å². The van der Waals surface area contributed by atoms with Gasteiger partial charge in [-0.2, -0.15) is 0 Å². The predicted molar refractivity (Wildman–Crippen MR) is 137 cm³/mol. The lowest BCUT2D eigenvalue weighted by Crippen LogP contribution is -2.33. The Morgan fingerprint density at radius 3 is 2.51 bits per heavy atom. The highest BCUT2D eigenvalue weighted by atomic mass is 35.5. The fraction of sp³-hybridized carbons (Fsp3) is 0.148. The summed E-state index contributed by atoms with van der Waals surface area (Å²) in [5.41, 5.74) is 3.45. The maximum Gasteiger partial charge on any atom is 0.283 e. The number of hydrogen-bond donors (Lipinski definition) is 2. The zero-order valence-electron chi connectivity index (χ0n) is 19.5. The Labute approximate surface area is 208 Å². The summed E-state index contributed by atoms with van der Waals surface area (Å²) in [7, 11) is 0. The van der Waals surface area contributed by atoms with Gasteiger partial charge in [-0.05, 0) is 68.3 Å². The van der Waals surface area contributed by atoms with Crippen molar-refractivity contribution in [3.63, 3.8) is 0 Å². The van der Waals surface area contributed by atoms with Gasteiger partial charge in [-0.1, -0.05) is 41.9 Å². The second-order valence-electron chi connectivity index (χ2n) is 8.01. The van der Waals surface area contributed by atoms with Gasteiger partial charge >= 0.3 is 0 Å². The van der Waals surface area contributed by atoms with Crippen LogP contribution in [-0.2, 0) is 9.59 Å². The molecule has 7 nitrogen and oxygen atoms in total. The molecule has 3 aromatic carbocycles. The van der Waals surface area contributed by atoms with Crippen LogP contribution in [0.2, 0.25) is 0 Å². The Kier molecular flexibility index (Phi) is 6.89. The van der Waals surface area contributed by atoms with Gasteiger partial charge in [-0.15, -0.1) is 0 Å². The van der Waals surface area contributed by atoms with Gasteiger partial charge in [0.25, 0.3) is 17.7 Å². The normalized spacial score (nSPS) is 13.3. The van der Waals surface area contributed by atoms with E-state index in [2.05, 4.69) is 10.6 Å². The van der Waals surface area contributed by atoms with E-state index in [1.807, 2.05) is 39.0 Å². The zero-order valence-corrected chi connectivity index (χ0v) is 20.3. The van der Waals surface area contributed by atoms with Crippen LogP contribution in [0.15, 0.2) is 77.5 Å². The third-order valence-electron chi connectivity index (χ3n) is 5.46. The number of benzene rings is 3. The van der Waals surface area contributed by atoms with E-state index < -0.39 is 11.8 Å². The van der Waals surface area contributed by atoms with Gasteiger partial charge in [0.2, 0.25) is 0 Å². The minimum Gasteiger partial charge on any atom is -0.492 e. The summed E-state index contributed by atoms with van der Waals surface area (Å²) >= 11 is 6.28. The third kappa shape index (κ3) is 4.90. The molecule has 3 aromatic rings. The largest absolute Gasteiger partial charge is 0.492 e. The van der Waals surface area contributed by atoms with Gasteiger partial charge in [0.15, 0.2) is 0 Å². The molecule has 3 amide bonds. The number of carbonyl (C=O) groups excluding carboxylic acids is 3. The molecule has 0 fully saturated rings. The predicted octanol–water partition coefficient (Wildman–Crippen LogP) is 5.39. The number of nitrogens with zero attached hydrogens (tertiary/aromatic N) is 1. The van der Waals surface area contributed by atoms with Crippen molar-refractivity contribution < 1.29 is 19.1 Å². The zero-order chi connectivity index (χ0) is 25.1. The summed E-state index contributed by atoms with van der Waals surface area (Å²) < 4.78 is 5.56. The second-order valence-corrected chi connectivity index (χ2v) is 8.39. The third-order valence-corrected chi connectivity index (χ3v) is 5.81. The van der Waals surface area contributed by atoms with Crippen molar-refractivity contribution in [1.29, 1.82) is 0 Å². The Bertz CT molecular complexity index is 1370.